The van der Waals surface area contributed by atoms with Crippen molar-refractivity contribution in [2.45, 2.75) is 13.2 Å². The Bertz CT molecular complexity index is 1260. The van der Waals surface area contributed by atoms with E-state index < -0.39 is 0 Å². The first-order chi connectivity index (χ1) is 16.4. The molecule has 34 heavy (non-hydrogen) atoms. The van der Waals surface area contributed by atoms with E-state index in [9.17, 15) is 9.90 Å². The predicted octanol–water partition coefficient (Wildman–Crippen LogP) is 4.08. The third kappa shape index (κ3) is 5.60. The lowest BCUT2D eigenvalue weighted by Crippen LogP contribution is -2.13. The summed E-state index contributed by atoms with van der Waals surface area (Å²) < 4.78 is 7.55. The minimum atomic E-state index is -0.158. The number of hydrogen-bond acceptors (Lipinski definition) is 6. The molecule has 0 bridgehead atoms. The number of carbonyl (C=O) groups excluding carboxylic acids is 1. The smallest absolute Gasteiger partial charge is 0.255 e. The summed E-state index contributed by atoms with van der Waals surface area (Å²) in [6, 6.07) is 21.7. The third-order valence-electron chi connectivity index (χ3n) is 5.27. The van der Waals surface area contributed by atoms with Crippen LogP contribution in [0.2, 0.25) is 0 Å². The molecular weight excluding hydrogens is 430 g/mol. The highest BCUT2D eigenvalue weighted by atomic mass is 16.5. The van der Waals surface area contributed by atoms with Gasteiger partial charge in [-0.15, -0.1) is 10.2 Å². The highest BCUT2D eigenvalue weighted by Crippen LogP contribution is 2.22. The molecule has 0 unspecified atom stereocenters. The molecular formula is C26H27N5O3. The lowest BCUT2D eigenvalue weighted by Gasteiger charge is -2.10. The fraction of sp³-hybridized carbons (Fsp3) is 0.192. The molecule has 3 aromatic carbocycles. The maximum atomic E-state index is 12.6. The van der Waals surface area contributed by atoms with Crippen LogP contribution in [-0.4, -0.2) is 44.8 Å². The van der Waals surface area contributed by atoms with Gasteiger partial charge in [0, 0.05) is 36.5 Å². The molecule has 1 amide bonds. The summed E-state index contributed by atoms with van der Waals surface area (Å²) in [7, 11) is 5.89. The standard InChI is InChI=1S/C26H27N5O3/c1-30(2)16-18-7-9-20(10-8-18)26(33)27-21-13-11-19(12-14-21)25-29-28-24(31(25)3)17-34-23-6-4-5-22(32)15-23/h4-15,32H,16-17H2,1-3H3,(H,27,33). The largest absolute Gasteiger partial charge is 0.508 e. The van der Waals surface area contributed by atoms with E-state index in [4.69, 9.17) is 4.74 Å². The second-order valence-electron chi connectivity index (χ2n) is 8.25. The van der Waals surface area contributed by atoms with Crippen LogP contribution in [0.4, 0.5) is 5.69 Å². The fourth-order valence-corrected chi connectivity index (χ4v) is 3.49. The van der Waals surface area contributed by atoms with Gasteiger partial charge in [0.1, 0.15) is 18.1 Å². The van der Waals surface area contributed by atoms with Crippen molar-refractivity contribution in [1.82, 2.24) is 19.7 Å². The second-order valence-corrected chi connectivity index (χ2v) is 8.25. The number of phenols is 1. The highest BCUT2D eigenvalue weighted by molar-refractivity contribution is 6.04. The van der Waals surface area contributed by atoms with Gasteiger partial charge in [0.05, 0.1) is 0 Å². The summed E-state index contributed by atoms with van der Waals surface area (Å²) in [5.41, 5.74) is 3.32. The fourth-order valence-electron chi connectivity index (χ4n) is 3.49. The monoisotopic (exact) mass is 457 g/mol. The number of benzene rings is 3. The van der Waals surface area contributed by atoms with Gasteiger partial charge >= 0.3 is 0 Å². The topological polar surface area (TPSA) is 92.5 Å². The molecule has 0 aliphatic rings. The molecule has 1 heterocycles. The molecule has 0 radical (unpaired) electrons. The molecule has 0 saturated heterocycles. The zero-order valence-corrected chi connectivity index (χ0v) is 19.4. The number of carbonyl (C=O) groups is 1. The van der Waals surface area contributed by atoms with E-state index in [2.05, 4.69) is 20.4 Å². The van der Waals surface area contributed by atoms with Crippen molar-refractivity contribution in [2.24, 2.45) is 7.05 Å². The molecule has 0 atom stereocenters. The minimum absolute atomic E-state index is 0.143. The number of nitrogens with zero attached hydrogens (tertiary/aromatic N) is 4. The SMILES string of the molecule is CN(C)Cc1ccc(C(=O)Nc2ccc(-c3nnc(COc4cccc(O)c4)n3C)cc2)cc1. The van der Waals surface area contributed by atoms with Crippen molar-refractivity contribution in [2.75, 3.05) is 19.4 Å². The molecule has 0 fully saturated rings. The molecule has 0 saturated carbocycles. The summed E-state index contributed by atoms with van der Waals surface area (Å²) in [5, 5.41) is 21.0. The molecule has 4 rings (SSSR count). The lowest BCUT2D eigenvalue weighted by molar-refractivity contribution is 0.102. The second kappa shape index (κ2) is 10.2. The van der Waals surface area contributed by atoms with Gasteiger partial charge in [0.15, 0.2) is 11.6 Å². The Morgan fingerprint density at radius 3 is 2.44 bits per heavy atom. The number of aromatic nitrogens is 3. The van der Waals surface area contributed by atoms with Crippen LogP contribution in [0, 0.1) is 0 Å². The number of phenolic OH excluding ortho intramolecular Hbond substituents is 1. The number of amides is 1. The van der Waals surface area contributed by atoms with Gasteiger partial charge in [0.2, 0.25) is 0 Å². The number of rotatable bonds is 8. The average Bonchev–Trinajstić information content (AvgIpc) is 3.18. The quantitative estimate of drug-likeness (QED) is 0.414. The van der Waals surface area contributed by atoms with Gasteiger partial charge in [-0.2, -0.15) is 0 Å². The lowest BCUT2D eigenvalue weighted by atomic mass is 10.1. The Morgan fingerprint density at radius 2 is 1.76 bits per heavy atom. The van der Waals surface area contributed by atoms with Gasteiger partial charge in [-0.3, -0.25) is 4.79 Å². The number of ether oxygens (including phenoxy) is 1. The molecule has 4 aromatic rings. The van der Waals surface area contributed by atoms with Crippen molar-refractivity contribution in [3.05, 3.63) is 89.7 Å². The van der Waals surface area contributed by atoms with Gasteiger partial charge < -0.3 is 24.6 Å². The number of anilines is 1. The maximum absolute atomic E-state index is 12.6. The van der Waals surface area contributed by atoms with Crippen molar-refractivity contribution in [3.8, 4) is 22.9 Å². The van der Waals surface area contributed by atoms with E-state index in [0.717, 1.165) is 17.7 Å². The van der Waals surface area contributed by atoms with E-state index in [1.165, 1.54) is 0 Å². The summed E-state index contributed by atoms with van der Waals surface area (Å²) >= 11 is 0. The van der Waals surface area contributed by atoms with Crippen molar-refractivity contribution in [1.29, 1.82) is 0 Å². The molecule has 0 aliphatic heterocycles. The summed E-state index contributed by atoms with van der Waals surface area (Å²) in [5.74, 6) is 1.87. The van der Waals surface area contributed by atoms with E-state index in [-0.39, 0.29) is 18.3 Å². The summed E-state index contributed by atoms with van der Waals surface area (Å²) in [6.07, 6.45) is 0. The van der Waals surface area contributed by atoms with Crippen LogP contribution >= 0.6 is 0 Å². The molecule has 8 heteroatoms. The van der Waals surface area contributed by atoms with Gasteiger partial charge in [-0.25, -0.2) is 0 Å². The van der Waals surface area contributed by atoms with Crippen LogP contribution < -0.4 is 10.1 Å². The summed E-state index contributed by atoms with van der Waals surface area (Å²) in [4.78, 5) is 14.7. The molecule has 0 aliphatic carbocycles. The Hall–Kier alpha value is -4.17. The Morgan fingerprint density at radius 1 is 1.03 bits per heavy atom. The first kappa shape index (κ1) is 23.0. The average molecular weight is 458 g/mol. The molecule has 1 aromatic heterocycles. The predicted molar refractivity (Wildman–Crippen MR) is 131 cm³/mol. The third-order valence-corrected chi connectivity index (χ3v) is 5.27. The molecule has 8 nitrogen and oxygen atoms in total. The molecule has 2 N–H and O–H groups in total. The van der Waals surface area contributed by atoms with Crippen molar-refractivity contribution < 1.29 is 14.6 Å². The zero-order valence-electron chi connectivity index (χ0n) is 19.4. The van der Waals surface area contributed by atoms with Crippen LogP contribution in [0.25, 0.3) is 11.4 Å². The summed E-state index contributed by atoms with van der Waals surface area (Å²) in [6.45, 7) is 1.05. The van der Waals surface area contributed by atoms with Crippen molar-refractivity contribution in [3.63, 3.8) is 0 Å². The Kier molecular flexibility index (Phi) is 6.89. The highest BCUT2D eigenvalue weighted by Gasteiger charge is 2.12. The van der Waals surface area contributed by atoms with Gasteiger partial charge in [-0.05, 0) is 68.2 Å². The first-order valence-corrected chi connectivity index (χ1v) is 10.8. The van der Waals surface area contributed by atoms with E-state index >= 15 is 0 Å². The van der Waals surface area contributed by atoms with Crippen LogP contribution in [0.1, 0.15) is 21.7 Å². The van der Waals surface area contributed by atoms with E-state index in [1.807, 2.05) is 74.2 Å². The van der Waals surface area contributed by atoms with Crippen LogP contribution in [0.5, 0.6) is 11.5 Å². The van der Waals surface area contributed by atoms with Crippen LogP contribution in [0.15, 0.2) is 72.8 Å². The normalized spacial score (nSPS) is 10.9. The zero-order chi connectivity index (χ0) is 24.1. The van der Waals surface area contributed by atoms with Crippen molar-refractivity contribution >= 4 is 11.6 Å². The van der Waals surface area contributed by atoms with Gasteiger partial charge in [0.25, 0.3) is 5.91 Å². The molecule has 174 valence electrons. The Labute approximate surface area is 198 Å². The Balaban J connectivity index is 1.39. The molecule has 0 spiro atoms. The van der Waals surface area contributed by atoms with Gasteiger partial charge in [-0.1, -0.05) is 18.2 Å². The minimum Gasteiger partial charge on any atom is -0.508 e. The van der Waals surface area contributed by atoms with E-state index in [0.29, 0.717) is 28.6 Å². The maximum Gasteiger partial charge on any atom is 0.255 e. The number of aromatic hydroxyl groups is 1. The van der Waals surface area contributed by atoms with Crippen LogP contribution in [-0.2, 0) is 20.2 Å². The number of hydrogen-bond donors (Lipinski definition) is 2. The number of nitrogens with one attached hydrogen (secondary N) is 1. The van der Waals surface area contributed by atoms with Crippen LogP contribution in [0.3, 0.4) is 0 Å². The van der Waals surface area contributed by atoms with E-state index in [1.54, 1.807) is 24.3 Å². The first-order valence-electron chi connectivity index (χ1n) is 10.8.